The van der Waals surface area contributed by atoms with Gasteiger partial charge in [0.1, 0.15) is 12.2 Å². The van der Waals surface area contributed by atoms with Crippen molar-refractivity contribution in [3.05, 3.63) is 75.0 Å². The molecule has 0 saturated heterocycles. The molecule has 166 valence electrons. The molecule has 0 bridgehead atoms. The molecule has 0 radical (unpaired) electrons. The van der Waals surface area contributed by atoms with E-state index in [9.17, 15) is 14.4 Å². The first-order valence-corrected chi connectivity index (χ1v) is 10.2. The monoisotopic (exact) mass is 474 g/mol. The molecule has 2 aromatic carbocycles. The molecule has 0 spiro atoms. The summed E-state index contributed by atoms with van der Waals surface area (Å²) in [7, 11) is 1.22. The molecule has 2 amide bonds. The zero-order chi connectivity index (χ0) is 23.4. The number of benzene rings is 2. The molecule has 1 aromatic heterocycles. The van der Waals surface area contributed by atoms with Gasteiger partial charge in [-0.3, -0.25) is 14.4 Å². The molecule has 0 atom stereocenters. The average molecular weight is 475 g/mol. The SMILES string of the molecule is COC(=O)CNC(=O)c1cc(Cl)cc(C)c1NC(=O)c1cc(C)nn1-c1ccccc1Cl. The molecule has 1 heterocycles. The molecule has 8 nitrogen and oxygen atoms in total. The van der Waals surface area contributed by atoms with Crippen molar-refractivity contribution in [3.63, 3.8) is 0 Å². The number of methoxy groups -OCH3 is 1. The van der Waals surface area contributed by atoms with Crippen molar-refractivity contribution < 1.29 is 19.1 Å². The number of hydrogen-bond donors (Lipinski definition) is 2. The number of nitrogens with zero attached hydrogens (tertiary/aromatic N) is 2. The number of halogens is 2. The second-order valence-electron chi connectivity index (χ2n) is 6.89. The third kappa shape index (κ3) is 5.09. The van der Waals surface area contributed by atoms with E-state index in [1.165, 1.54) is 17.9 Å². The fourth-order valence-electron chi connectivity index (χ4n) is 3.05. The van der Waals surface area contributed by atoms with Crippen LogP contribution in [-0.4, -0.2) is 41.2 Å². The van der Waals surface area contributed by atoms with E-state index in [-0.39, 0.29) is 23.5 Å². The summed E-state index contributed by atoms with van der Waals surface area (Å²) in [5.41, 5.74) is 2.30. The summed E-state index contributed by atoms with van der Waals surface area (Å²) >= 11 is 12.4. The maximum atomic E-state index is 13.2. The fourth-order valence-corrected chi connectivity index (χ4v) is 3.54. The van der Waals surface area contributed by atoms with Crippen LogP contribution >= 0.6 is 23.2 Å². The van der Waals surface area contributed by atoms with Gasteiger partial charge in [-0.25, -0.2) is 4.68 Å². The number of anilines is 1. The van der Waals surface area contributed by atoms with Crippen LogP contribution in [0.5, 0.6) is 0 Å². The van der Waals surface area contributed by atoms with Crippen molar-refractivity contribution in [1.82, 2.24) is 15.1 Å². The molecule has 32 heavy (non-hydrogen) atoms. The minimum Gasteiger partial charge on any atom is -0.468 e. The maximum Gasteiger partial charge on any atom is 0.325 e. The highest BCUT2D eigenvalue weighted by Gasteiger charge is 2.22. The quantitative estimate of drug-likeness (QED) is 0.526. The molecule has 0 aliphatic rings. The lowest BCUT2D eigenvalue weighted by Crippen LogP contribution is -2.31. The van der Waals surface area contributed by atoms with Crippen molar-refractivity contribution in [2.45, 2.75) is 13.8 Å². The Kier molecular flexibility index (Phi) is 7.17. The average Bonchev–Trinajstić information content (AvgIpc) is 3.15. The predicted molar refractivity (Wildman–Crippen MR) is 122 cm³/mol. The highest BCUT2D eigenvalue weighted by Crippen LogP contribution is 2.27. The van der Waals surface area contributed by atoms with Crippen LogP contribution in [0.1, 0.15) is 32.1 Å². The lowest BCUT2D eigenvalue weighted by atomic mass is 10.1. The normalized spacial score (nSPS) is 10.5. The van der Waals surface area contributed by atoms with E-state index in [1.54, 1.807) is 50.2 Å². The lowest BCUT2D eigenvalue weighted by molar-refractivity contribution is -0.139. The Hall–Kier alpha value is -3.36. The number of nitrogens with one attached hydrogen (secondary N) is 2. The predicted octanol–water partition coefficient (Wildman–Crippen LogP) is 3.95. The van der Waals surface area contributed by atoms with Gasteiger partial charge in [-0.1, -0.05) is 35.3 Å². The zero-order valence-corrected chi connectivity index (χ0v) is 19.0. The van der Waals surface area contributed by atoms with Crippen molar-refractivity contribution in [2.24, 2.45) is 0 Å². The molecule has 10 heteroatoms. The molecule has 0 fully saturated rings. The van der Waals surface area contributed by atoms with Crippen molar-refractivity contribution in [3.8, 4) is 5.69 Å². The van der Waals surface area contributed by atoms with Gasteiger partial charge in [-0.2, -0.15) is 5.10 Å². The van der Waals surface area contributed by atoms with Gasteiger partial charge in [-0.05, 0) is 49.7 Å². The van der Waals surface area contributed by atoms with Gasteiger partial charge >= 0.3 is 5.97 Å². The van der Waals surface area contributed by atoms with Gasteiger partial charge in [0.2, 0.25) is 0 Å². The molecule has 0 aliphatic carbocycles. The van der Waals surface area contributed by atoms with E-state index in [2.05, 4.69) is 20.5 Å². The number of rotatable bonds is 6. The first-order chi connectivity index (χ1) is 15.2. The fraction of sp³-hybridized carbons (Fsp3) is 0.182. The highest BCUT2D eigenvalue weighted by molar-refractivity contribution is 6.32. The van der Waals surface area contributed by atoms with Gasteiger partial charge in [0.05, 0.1) is 34.8 Å². The number of aryl methyl sites for hydroxylation is 2. The van der Waals surface area contributed by atoms with Gasteiger partial charge in [0.25, 0.3) is 11.8 Å². The van der Waals surface area contributed by atoms with Crippen molar-refractivity contribution in [2.75, 3.05) is 19.0 Å². The van der Waals surface area contributed by atoms with Crippen LogP contribution in [0.15, 0.2) is 42.5 Å². The standard InChI is InChI=1S/C22H20Cl2N4O4/c1-12-8-14(23)10-15(21(30)25-11-19(29)32-3)20(12)26-22(31)18-9-13(2)27-28(18)17-7-5-4-6-16(17)24/h4-10H,11H2,1-3H3,(H,25,30)(H,26,31). The molecule has 2 N–H and O–H groups in total. The molecule has 3 rings (SSSR count). The van der Waals surface area contributed by atoms with E-state index in [0.717, 1.165) is 0 Å². The van der Waals surface area contributed by atoms with Crippen LogP contribution in [0.2, 0.25) is 10.0 Å². The lowest BCUT2D eigenvalue weighted by Gasteiger charge is -2.15. The maximum absolute atomic E-state index is 13.2. The summed E-state index contributed by atoms with van der Waals surface area (Å²) in [5, 5.41) is 10.3. The van der Waals surface area contributed by atoms with Crippen LogP contribution in [0, 0.1) is 13.8 Å². The minimum atomic E-state index is -0.609. The number of para-hydroxylation sites is 1. The number of ether oxygens (including phenoxy) is 1. The van der Waals surface area contributed by atoms with E-state index in [4.69, 9.17) is 23.2 Å². The van der Waals surface area contributed by atoms with Gasteiger partial charge < -0.3 is 15.4 Å². The van der Waals surface area contributed by atoms with Gasteiger partial charge in [0, 0.05) is 5.02 Å². The second-order valence-corrected chi connectivity index (χ2v) is 7.74. The van der Waals surface area contributed by atoms with E-state index in [1.807, 2.05) is 0 Å². The summed E-state index contributed by atoms with van der Waals surface area (Å²) in [6, 6.07) is 11.6. The van der Waals surface area contributed by atoms with Crippen LogP contribution in [0.3, 0.4) is 0 Å². The topological polar surface area (TPSA) is 102 Å². The van der Waals surface area contributed by atoms with Crippen molar-refractivity contribution in [1.29, 1.82) is 0 Å². The zero-order valence-electron chi connectivity index (χ0n) is 17.5. The highest BCUT2D eigenvalue weighted by atomic mass is 35.5. The third-order valence-corrected chi connectivity index (χ3v) is 5.09. The van der Waals surface area contributed by atoms with Crippen LogP contribution in [0.4, 0.5) is 5.69 Å². The Morgan fingerprint density at radius 1 is 1.06 bits per heavy atom. The van der Waals surface area contributed by atoms with E-state index < -0.39 is 17.8 Å². The summed E-state index contributed by atoms with van der Waals surface area (Å²) < 4.78 is 5.97. The number of amides is 2. The van der Waals surface area contributed by atoms with Gasteiger partial charge in [-0.15, -0.1) is 0 Å². The van der Waals surface area contributed by atoms with Crippen molar-refractivity contribution >= 4 is 46.7 Å². The van der Waals surface area contributed by atoms with E-state index in [0.29, 0.717) is 27.0 Å². The van der Waals surface area contributed by atoms with Crippen LogP contribution in [0.25, 0.3) is 5.69 Å². The Labute approximate surface area is 194 Å². The minimum absolute atomic E-state index is 0.104. The number of carbonyl (C=O) groups excluding carboxylic acids is 3. The third-order valence-electron chi connectivity index (χ3n) is 4.55. The Bertz CT molecular complexity index is 1210. The van der Waals surface area contributed by atoms with Gasteiger partial charge in [0.15, 0.2) is 0 Å². The molecule has 0 saturated carbocycles. The largest absolute Gasteiger partial charge is 0.468 e. The summed E-state index contributed by atoms with van der Waals surface area (Å²) in [6.45, 7) is 3.13. The number of hydrogen-bond acceptors (Lipinski definition) is 5. The van der Waals surface area contributed by atoms with E-state index >= 15 is 0 Å². The Morgan fingerprint density at radius 2 is 1.78 bits per heavy atom. The molecular formula is C22H20Cl2N4O4. The first kappa shape index (κ1) is 23.3. The molecule has 0 aliphatic heterocycles. The van der Waals surface area contributed by atoms with Crippen LogP contribution in [-0.2, 0) is 9.53 Å². The number of aromatic nitrogens is 2. The Balaban J connectivity index is 1.96. The molecule has 0 unspecified atom stereocenters. The summed E-state index contributed by atoms with van der Waals surface area (Å²) in [6.07, 6.45) is 0. The first-order valence-electron chi connectivity index (χ1n) is 9.49. The summed E-state index contributed by atoms with van der Waals surface area (Å²) in [4.78, 5) is 37.3. The summed E-state index contributed by atoms with van der Waals surface area (Å²) in [5.74, 6) is -1.70. The Morgan fingerprint density at radius 3 is 2.47 bits per heavy atom. The van der Waals surface area contributed by atoms with Crippen LogP contribution < -0.4 is 10.6 Å². The smallest absolute Gasteiger partial charge is 0.325 e. The molecule has 3 aromatic rings. The second kappa shape index (κ2) is 9.84. The number of carbonyl (C=O) groups is 3. The molecular weight excluding hydrogens is 455 g/mol. The number of esters is 1.